The standard InChI is InChI=1S/C19H15N3O4/c1-11-18(19(24)20-2)14-4-3-13(8-17(14)25-11)26-16-5-6-21-22-9-12(10-23)7-15(16)22/h3-10H,1-2H3,(H,20,24). The number of aryl methyl sites for hydroxylation is 1. The topological polar surface area (TPSA) is 85.8 Å². The van der Waals surface area contributed by atoms with Gasteiger partial charge >= 0.3 is 0 Å². The summed E-state index contributed by atoms with van der Waals surface area (Å²) in [6.07, 6.45) is 3.98. The Labute approximate surface area is 148 Å². The fraction of sp³-hybridized carbons (Fsp3) is 0.105. The van der Waals surface area contributed by atoms with Gasteiger partial charge in [-0.05, 0) is 25.1 Å². The summed E-state index contributed by atoms with van der Waals surface area (Å²) in [7, 11) is 1.58. The van der Waals surface area contributed by atoms with Gasteiger partial charge in [-0.2, -0.15) is 5.10 Å². The van der Waals surface area contributed by atoms with Crippen LogP contribution in [-0.4, -0.2) is 28.9 Å². The van der Waals surface area contributed by atoms with E-state index in [-0.39, 0.29) is 5.91 Å². The van der Waals surface area contributed by atoms with Crippen LogP contribution in [0.15, 0.2) is 47.1 Å². The van der Waals surface area contributed by atoms with E-state index in [1.807, 2.05) is 0 Å². The molecule has 26 heavy (non-hydrogen) atoms. The molecule has 7 nitrogen and oxygen atoms in total. The number of hydrogen-bond donors (Lipinski definition) is 1. The quantitative estimate of drug-likeness (QED) is 0.571. The zero-order chi connectivity index (χ0) is 18.3. The molecule has 0 radical (unpaired) electrons. The van der Waals surface area contributed by atoms with Gasteiger partial charge in [0, 0.05) is 36.3 Å². The molecule has 0 unspecified atom stereocenters. The molecular formula is C19H15N3O4. The predicted octanol–water partition coefficient (Wildman–Crippen LogP) is 3.35. The van der Waals surface area contributed by atoms with Crippen LogP contribution in [0.4, 0.5) is 0 Å². The van der Waals surface area contributed by atoms with Gasteiger partial charge in [0.15, 0.2) is 12.0 Å². The van der Waals surface area contributed by atoms with Gasteiger partial charge in [-0.25, -0.2) is 4.52 Å². The van der Waals surface area contributed by atoms with Crippen molar-refractivity contribution in [2.75, 3.05) is 7.05 Å². The summed E-state index contributed by atoms with van der Waals surface area (Å²) in [6.45, 7) is 1.75. The van der Waals surface area contributed by atoms with Crippen LogP contribution in [0.3, 0.4) is 0 Å². The molecule has 1 aromatic carbocycles. The number of hydrogen-bond acceptors (Lipinski definition) is 5. The molecule has 0 bridgehead atoms. The van der Waals surface area contributed by atoms with Gasteiger partial charge in [0.2, 0.25) is 0 Å². The Kier molecular flexibility index (Phi) is 3.69. The number of benzene rings is 1. The number of furan rings is 1. The highest BCUT2D eigenvalue weighted by Crippen LogP contribution is 2.32. The van der Waals surface area contributed by atoms with Crippen molar-refractivity contribution in [3.63, 3.8) is 0 Å². The molecule has 0 spiro atoms. The van der Waals surface area contributed by atoms with Crippen LogP contribution in [0, 0.1) is 6.92 Å². The molecule has 0 fully saturated rings. The average Bonchev–Trinajstić information content (AvgIpc) is 3.21. The molecule has 1 N–H and O–H groups in total. The second-order valence-electron chi connectivity index (χ2n) is 5.79. The van der Waals surface area contributed by atoms with E-state index in [0.29, 0.717) is 39.5 Å². The zero-order valence-corrected chi connectivity index (χ0v) is 14.1. The van der Waals surface area contributed by atoms with Crippen LogP contribution in [0.25, 0.3) is 16.5 Å². The second kappa shape index (κ2) is 6.03. The first kappa shape index (κ1) is 15.9. The van der Waals surface area contributed by atoms with Crippen molar-refractivity contribution >= 4 is 28.7 Å². The molecule has 7 heteroatoms. The monoisotopic (exact) mass is 349 g/mol. The Morgan fingerprint density at radius 2 is 2.15 bits per heavy atom. The first-order chi connectivity index (χ1) is 12.6. The molecule has 130 valence electrons. The highest BCUT2D eigenvalue weighted by Gasteiger charge is 2.18. The molecule has 0 saturated heterocycles. The van der Waals surface area contributed by atoms with Gasteiger partial charge in [0.05, 0.1) is 11.8 Å². The minimum Gasteiger partial charge on any atom is -0.460 e. The molecule has 1 amide bonds. The van der Waals surface area contributed by atoms with Gasteiger partial charge < -0.3 is 14.5 Å². The highest BCUT2D eigenvalue weighted by molar-refractivity contribution is 6.07. The molecule has 0 aliphatic rings. The smallest absolute Gasteiger partial charge is 0.255 e. The Morgan fingerprint density at radius 3 is 2.92 bits per heavy atom. The molecule has 0 atom stereocenters. The van der Waals surface area contributed by atoms with Gasteiger partial charge in [0.25, 0.3) is 5.91 Å². The van der Waals surface area contributed by atoms with E-state index >= 15 is 0 Å². The number of aromatic nitrogens is 2. The van der Waals surface area contributed by atoms with Crippen molar-refractivity contribution in [3.05, 3.63) is 59.6 Å². The van der Waals surface area contributed by atoms with E-state index in [9.17, 15) is 9.59 Å². The molecule has 4 aromatic rings. The Bertz CT molecular complexity index is 1160. The lowest BCUT2D eigenvalue weighted by atomic mass is 10.1. The lowest BCUT2D eigenvalue weighted by molar-refractivity contribution is 0.0962. The van der Waals surface area contributed by atoms with Crippen molar-refractivity contribution < 1.29 is 18.7 Å². The number of carbonyl (C=O) groups excluding carboxylic acids is 2. The Morgan fingerprint density at radius 1 is 1.31 bits per heavy atom. The number of ether oxygens (including phenoxy) is 1. The summed E-state index contributed by atoms with van der Waals surface area (Å²) in [5.41, 5.74) is 2.27. The molecule has 4 rings (SSSR count). The largest absolute Gasteiger partial charge is 0.460 e. The fourth-order valence-electron chi connectivity index (χ4n) is 2.96. The Hall–Kier alpha value is -3.61. The van der Waals surface area contributed by atoms with E-state index in [1.54, 1.807) is 61.2 Å². The molecule has 0 saturated carbocycles. The molecule has 3 heterocycles. The number of nitrogens with one attached hydrogen (secondary N) is 1. The molecular weight excluding hydrogens is 334 g/mol. The predicted molar refractivity (Wildman–Crippen MR) is 95.0 cm³/mol. The number of carbonyl (C=O) groups is 2. The van der Waals surface area contributed by atoms with Crippen LogP contribution < -0.4 is 10.1 Å². The molecule has 0 aliphatic carbocycles. The third kappa shape index (κ3) is 2.50. The number of aldehydes is 1. The maximum absolute atomic E-state index is 12.0. The normalized spacial score (nSPS) is 11.0. The van der Waals surface area contributed by atoms with Gasteiger partial charge in [-0.3, -0.25) is 9.59 Å². The summed E-state index contributed by atoms with van der Waals surface area (Å²) in [6, 6.07) is 8.71. The van der Waals surface area contributed by atoms with E-state index in [1.165, 1.54) is 0 Å². The first-order valence-electron chi connectivity index (χ1n) is 7.96. The summed E-state index contributed by atoms with van der Waals surface area (Å²) in [4.78, 5) is 23.0. The van der Waals surface area contributed by atoms with E-state index in [4.69, 9.17) is 9.15 Å². The van der Waals surface area contributed by atoms with Crippen LogP contribution >= 0.6 is 0 Å². The van der Waals surface area contributed by atoms with Crippen LogP contribution in [-0.2, 0) is 0 Å². The number of fused-ring (bicyclic) bond motifs is 2. The summed E-state index contributed by atoms with van der Waals surface area (Å²) in [5.74, 6) is 1.46. The van der Waals surface area contributed by atoms with Gasteiger partial charge in [-0.1, -0.05) is 0 Å². The number of rotatable bonds is 4. The molecule has 3 aromatic heterocycles. The van der Waals surface area contributed by atoms with Crippen LogP contribution in [0.5, 0.6) is 11.5 Å². The summed E-state index contributed by atoms with van der Waals surface area (Å²) in [5, 5.41) is 7.50. The lowest BCUT2D eigenvalue weighted by Crippen LogP contribution is -2.18. The lowest BCUT2D eigenvalue weighted by Gasteiger charge is -2.07. The maximum Gasteiger partial charge on any atom is 0.255 e. The van der Waals surface area contributed by atoms with E-state index in [2.05, 4.69) is 10.4 Å². The number of amides is 1. The Balaban J connectivity index is 1.75. The zero-order valence-electron chi connectivity index (χ0n) is 14.1. The second-order valence-corrected chi connectivity index (χ2v) is 5.79. The summed E-state index contributed by atoms with van der Waals surface area (Å²) >= 11 is 0. The van der Waals surface area contributed by atoms with Gasteiger partial charge in [0.1, 0.15) is 22.6 Å². The SMILES string of the molecule is CNC(=O)c1c(C)oc2cc(Oc3ccnn4cc(C=O)cc34)ccc12. The highest BCUT2D eigenvalue weighted by atomic mass is 16.5. The third-order valence-corrected chi connectivity index (χ3v) is 4.15. The van der Waals surface area contributed by atoms with Crippen molar-refractivity contribution in [2.45, 2.75) is 6.92 Å². The minimum atomic E-state index is -0.194. The van der Waals surface area contributed by atoms with Crippen molar-refractivity contribution in [3.8, 4) is 11.5 Å². The van der Waals surface area contributed by atoms with E-state index in [0.717, 1.165) is 11.7 Å². The third-order valence-electron chi connectivity index (χ3n) is 4.15. The van der Waals surface area contributed by atoms with Crippen LogP contribution in [0.1, 0.15) is 26.5 Å². The molecule has 0 aliphatic heterocycles. The maximum atomic E-state index is 12.0. The number of nitrogens with zero attached hydrogens (tertiary/aromatic N) is 2. The van der Waals surface area contributed by atoms with Gasteiger partial charge in [-0.15, -0.1) is 0 Å². The minimum absolute atomic E-state index is 0.194. The van der Waals surface area contributed by atoms with Crippen molar-refractivity contribution in [1.82, 2.24) is 14.9 Å². The average molecular weight is 349 g/mol. The van der Waals surface area contributed by atoms with Crippen LogP contribution in [0.2, 0.25) is 0 Å². The first-order valence-corrected chi connectivity index (χ1v) is 7.96. The van der Waals surface area contributed by atoms with E-state index < -0.39 is 0 Å². The van der Waals surface area contributed by atoms with Crippen molar-refractivity contribution in [2.24, 2.45) is 0 Å². The fourth-order valence-corrected chi connectivity index (χ4v) is 2.96. The van der Waals surface area contributed by atoms with Crippen molar-refractivity contribution in [1.29, 1.82) is 0 Å². The summed E-state index contributed by atoms with van der Waals surface area (Å²) < 4.78 is 13.2.